The van der Waals surface area contributed by atoms with E-state index in [1.165, 1.54) is 12.1 Å². The van der Waals surface area contributed by atoms with Gasteiger partial charge in [0.15, 0.2) is 0 Å². The second-order valence-corrected chi connectivity index (χ2v) is 6.12. The fraction of sp³-hybridized carbons (Fsp3) is 0. The third-order valence-electron chi connectivity index (χ3n) is 2.58. The molecule has 0 atom stereocenters. The lowest BCUT2D eigenvalue weighted by Crippen LogP contribution is -2.18. The predicted octanol–water partition coefficient (Wildman–Crippen LogP) is 2.38. The largest absolute Gasteiger partial charge is 0.321 e. The van der Waals surface area contributed by atoms with Crippen LogP contribution in [-0.2, 0) is 10.0 Å². The second-order valence-electron chi connectivity index (χ2n) is 4.15. The van der Waals surface area contributed by atoms with Crippen LogP contribution in [0.1, 0.15) is 10.4 Å². The normalized spacial score (nSPS) is 11.2. The lowest BCUT2D eigenvalue weighted by atomic mass is 10.2. The van der Waals surface area contributed by atoms with Gasteiger partial charge in [0, 0.05) is 10.6 Å². The molecule has 0 aliphatic carbocycles. The van der Waals surface area contributed by atoms with Gasteiger partial charge in [0.2, 0.25) is 10.0 Å². The van der Waals surface area contributed by atoms with Gasteiger partial charge in [-0.1, -0.05) is 17.7 Å². The molecular weight excluding hydrogens is 319 g/mol. The SMILES string of the molecule is NS(=O)(=O)c1ccc(F)cc1NC(=O)c1cccc(Cl)c1. The maximum Gasteiger partial charge on any atom is 0.255 e. The fourth-order valence-corrected chi connectivity index (χ4v) is 2.54. The summed E-state index contributed by atoms with van der Waals surface area (Å²) >= 11 is 5.77. The molecule has 0 heterocycles. The van der Waals surface area contributed by atoms with Crippen LogP contribution < -0.4 is 10.5 Å². The van der Waals surface area contributed by atoms with Crippen molar-refractivity contribution in [3.05, 3.63) is 58.9 Å². The number of hydrogen-bond donors (Lipinski definition) is 2. The Morgan fingerprint density at radius 3 is 2.52 bits per heavy atom. The molecule has 5 nitrogen and oxygen atoms in total. The molecule has 2 aromatic rings. The Morgan fingerprint density at radius 1 is 1.19 bits per heavy atom. The van der Waals surface area contributed by atoms with E-state index in [2.05, 4.69) is 5.32 Å². The Bertz CT molecular complexity index is 809. The minimum atomic E-state index is -4.09. The molecule has 0 bridgehead atoms. The number of benzene rings is 2. The molecule has 0 aliphatic heterocycles. The van der Waals surface area contributed by atoms with Crippen LogP contribution in [-0.4, -0.2) is 14.3 Å². The van der Waals surface area contributed by atoms with Crippen LogP contribution in [0.15, 0.2) is 47.4 Å². The van der Waals surface area contributed by atoms with Crippen molar-refractivity contribution in [3.63, 3.8) is 0 Å². The zero-order valence-electron chi connectivity index (χ0n) is 10.5. The van der Waals surface area contributed by atoms with Gasteiger partial charge in [0.25, 0.3) is 5.91 Å². The highest BCUT2D eigenvalue weighted by Crippen LogP contribution is 2.22. The minimum Gasteiger partial charge on any atom is -0.321 e. The standard InChI is InChI=1S/C13H10ClFN2O3S/c14-9-3-1-2-8(6-9)13(18)17-11-7-10(15)4-5-12(11)21(16,19)20/h1-7H,(H,17,18)(H2,16,19,20). The third kappa shape index (κ3) is 3.78. The number of sulfonamides is 1. The molecule has 0 aromatic heterocycles. The van der Waals surface area contributed by atoms with Crippen LogP contribution in [0, 0.1) is 5.82 Å². The van der Waals surface area contributed by atoms with Crippen LogP contribution >= 0.6 is 11.6 Å². The molecular formula is C13H10ClFN2O3S. The first-order chi connectivity index (χ1) is 9.77. The van der Waals surface area contributed by atoms with E-state index >= 15 is 0 Å². The molecule has 110 valence electrons. The summed E-state index contributed by atoms with van der Waals surface area (Å²) in [6.45, 7) is 0. The number of hydrogen-bond acceptors (Lipinski definition) is 3. The number of amides is 1. The smallest absolute Gasteiger partial charge is 0.255 e. The van der Waals surface area contributed by atoms with Crippen LogP contribution in [0.5, 0.6) is 0 Å². The van der Waals surface area contributed by atoms with E-state index in [9.17, 15) is 17.6 Å². The summed E-state index contributed by atoms with van der Waals surface area (Å²) < 4.78 is 36.1. The maximum atomic E-state index is 13.2. The Kier molecular flexibility index (Phi) is 4.26. The molecule has 0 saturated carbocycles. The average Bonchev–Trinajstić information content (AvgIpc) is 2.37. The third-order valence-corrected chi connectivity index (χ3v) is 3.79. The van der Waals surface area contributed by atoms with Crippen molar-refractivity contribution in [1.82, 2.24) is 0 Å². The predicted molar refractivity (Wildman–Crippen MR) is 77.2 cm³/mol. The molecule has 0 fully saturated rings. The van der Waals surface area contributed by atoms with Gasteiger partial charge in [-0.05, 0) is 36.4 Å². The molecule has 3 N–H and O–H groups in total. The summed E-state index contributed by atoms with van der Waals surface area (Å²) in [4.78, 5) is 11.7. The van der Waals surface area contributed by atoms with E-state index in [0.717, 1.165) is 18.2 Å². The van der Waals surface area contributed by atoms with E-state index in [1.54, 1.807) is 12.1 Å². The van der Waals surface area contributed by atoms with Gasteiger partial charge in [0.05, 0.1) is 5.69 Å². The first-order valence-electron chi connectivity index (χ1n) is 5.66. The van der Waals surface area contributed by atoms with Crippen LogP contribution in [0.2, 0.25) is 5.02 Å². The van der Waals surface area contributed by atoms with Crippen LogP contribution in [0.25, 0.3) is 0 Å². The molecule has 2 rings (SSSR count). The maximum absolute atomic E-state index is 13.2. The number of halogens is 2. The highest BCUT2D eigenvalue weighted by atomic mass is 35.5. The first kappa shape index (κ1) is 15.4. The summed E-state index contributed by atoms with van der Waals surface area (Å²) in [6, 6.07) is 8.82. The minimum absolute atomic E-state index is 0.201. The van der Waals surface area contributed by atoms with Gasteiger partial charge in [-0.3, -0.25) is 4.79 Å². The summed E-state index contributed by atoms with van der Waals surface area (Å²) in [7, 11) is -4.09. The molecule has 8 heteroatoms. The van der Waals surface area contributed by atoms with Gasteiger partial charge in [0.1, 0.15) is 10.7 Å². The number of carbonyl (C=O) groups is 1. The van der Waals surface area contributed by atoms with Gasteiger partial charge < -0.3 is 5.32 Å². The van der Waals surface area contributed by atoms with Gasteiger partial charge >= 0.3 is 0 Å². The second kappa shape index (κ2) is 5.80. The Balaban J connectivity index is 2.40. The Labute approximate surface area is 125 Å². The first-order valence-corrected chi connectivity index (χ1v) is 7.59. The molecule has 21 heavy (non-hydrogen) atoms. The van der Waals surface area contributed by atoms with Crippen molar-refractivity contribution in [2.75, 3.05) is 5.32 Å². The summed E-state index contributed by atoms with van der Waals surface area (Å²) in [5.74, 6) is -1.34. The van der Waals surface area contributed by atoms with Crippen molar-refractivity contribution >= 4 is 33.2 Å². The zero-order chi connectivity index (χ0) is 15.6. The summed E-state index contributed by atoms with van der Waals surface area (Å²) in [5.41, 5.74) is -0.0328. The van der Waals surface area contributed by atoms with Crippen molar-refractivity contribution in [2.45, 2.75) is 4.90 Å². The van der Waals surface area contributed by atoms with E-state index in [-0.39, 0.29) is 16.1 Å². The van der Waals surface area contributed by atoms with Crippen molar-refractivity contribution < 1.29 is 17.6 Å². The van der Waals surface area contributed by atoms with E-state index < -0.39 is 21.7 Å². The lowest BCUT2D eigenvalue weighted by Gasteiger charge is -2.10. The monoisotopic (exact) mass is 328 g/mol. The van der Waals surface area contributed by atoms with Gasteiger partial charge in [-0.15, -0.1) is 0 Å². The van der Waals surface area contributed by atoms with Crippen molar-refractivity contribution in [3.8, 4) is 0 Å². The van der Waals surface area contributed by atoms with Gasteiger partial charge in [-0.2, -0.15) is 0 Å². The lowest BCUT2D eigenvalue weighted by molar-refractivity contribution is 0.102. The summed E-state index contributed by atoms with van der Waals surface area (Å²) in [6.07, 6.45) is 0. The number of nitrogens with two attached hydrogens (primary N) is 1. The van der Waals surface area contributed by atoms with E-state index in [1.807, 2.05) is 0 Å². The quantitative estimate of drug-likeness (QED) is 0.906. The Morgan fingerprint density at radius 2 is 1.90 bits per heavy atom. The molecule has 0 spiro atoms. The highest BCUT2D eigenvalue weighted by Gasteiger charge is 2.17. The van der Waals surface area contributed by atoms with Crippen LogP contribution in [0.3, 0.4) is 0 Å². The zero-order valence-corrected chi connectivity index (χ0v) is 12.1. The molecule has 0 radical (unpaired) electrons. The Hall–Kier alpha value is -1.96. The van der Waals surface area contributed by atoms with Gasteiger partial charge in [-0.25, -0.2) is 17.9 Å². The average molecular weight is 329 g/mol. The number of carbonyl (C=O) groups excluding carboxylic acids is 1. The van der Waals surface area contributed by atoms with E-state index in [0.29, 0.717) is 5.02 Å². The van der Waals surface area contributed by atoms with E-state index in [4.69, 9.17) is 16.7 Å². The van der Waals surface area contributed by atoms with Crippen LogP contribution in [0.4, 0.5) is 10.1 Å². The van der Waals surface area contributed by atoms with Crippen molar-refractivity contribution in [2.24, 2.45) is 5.14 Å². The number of nitrogens with one attached hydrogen (secondary N) is 1. The van der Waals surface area contributed by atoms with Crippen molar-refractivity contribution in [1.29, 1.82) is 0 Å². The number of anilines is 1. The summed E-state index contributed by atoms with van der Waals surface area (Å²) in [5, 5.41) is 7.67. The molecule has 2 aromatic carbocycles. The molecule has 0 aliphatic rings. The molecule has 0 saturated heterocycles. The molecule has 1 amide bonds. The fourth-order valence-electron chi connectivity index (χ4n) is 1.67. The number of rotatable bonds is 3. The highest BCUT2D eigenvalue weighted by molar-refractivity contribution is 7.89. The molecule has 0 unspecified atom stereocenters. The number of primary sulfonamides is 1. The topological polar surface area (TPSA) is 89.3 Å².